The smallest absolute Gasteiger partial charge is 0.263 e. The van der Waals surface area contributed by atoms with Gasteiger partial charge in [0.15, 0.2) is 0 Å². The summed E-state index contributed by atoms with van der Waals surface area (Å²) in [5, 5.41) is 3.19. The second kappa shape index (κ2) is 4.78. The summed E-state index contributed by atoms with van der Waals surface area (Å²) in [5.41, 5.74) is 3.02. The van der Waals surface area contributed by atoms with Gasteiger partial charge in [0.1, 0.15) is 0 Å². The first kappa shape index (κ1) is 12.2. The summed E-state index contributed by atoms with van der Waals surface area (Å²) >= 11 is 0. The second-order valence-electron chi connectivity index (χ2n) is 3.11. The number of alkyl halides is 3. The number of carbonyl (C=O) groups is 1. The molecular weight excluding hydrogens is 221 g/mol. The Kier molecular flexibility index (Phi) is 3.65. The van der Waals surface area contributed by atoms with Gasteiger partial charge < -0.3 is 0 Å². The van der Waals surface area contributed by atoms with E-state index in [9.17, 15) is 18.0 Å². The van der Waals surface area contributed by atoms with Gasteiger partial charge in [0.25, 0.3) is 0 Å². The fraction of sp³-hybridized carbons (Fsp3) is 0.200. The van der Waals surface area contributed by atoms with Crippen LogP contribution in [0.1, 0.15) is 11.1 Å². The molecule has 0 heterocycles. The van der Waals surface area contributed by atoms with E-state index in [0.29, 0.717) is 5.56 Å². The first-order valence-electron chi connectivity index (χ1n) is 4.36. The summed E-state index contributed by atoms with van der Waals surface area (Å²) in [4.78, 5) is 10.4. The van der Waals surface area contributed by atoms with E-state index < -0.39 is 12.1 Å². The Morgan fingerprint density at radius 2 is 1.88 bits per heavy atom. The van der Waals surface area contributed by atoms with Crippen molar-refractivity contribution in [3.63, 3.8) is 0 Å². The normalized spacial score (nSPS) is 11.8. The van der Waals surface area contributed by atoms with Gasteiger partial charge in [-0.1, -0.05) is 29.8 Å². The molecule has 3 nitrogen and oxygen atoms in total. The highest BCUT2D eigenvalue weighted by molar-refractivity contribution is 5.84. The molecule has 0 saturated heterocycles. The number of carbonyl (C=O) groups excluding carboxylic acids is 1. The molecule has 6 heteroatoms. The van der Waals surface area contributed by atoms with Gasteiger partial charge in [0, 0.05) is 0 Å². The van der Waals surface area contributed by atoms with Crippen LogP contribution in [0.5, 0.6) is 0 Å². The number of halogens is 3. The third-order valence-electron chi connectivity index (χ3n) is 1.71. The maximum Gasteiger partial charge on any atom is 0.473 e. The van der Waals surface area contributed by atoms with Crippen LogP contribution in [-0.4, -0.2) is 18.3 Å². The molecule has 0 unspecified atom stereocenters. The van der Waals surface area contributed by atoms with Crippen molar-refractivity contribution in [1.82, 2.24) is 5.43 Å². The average molecular weight is 230 g/mol. The van der Waals surface area contributed by atoms with Crippen LogP contribution in [0.15, 0.2) is 29.4 Å². The van der Waals surface area contributed by atoms with Crippen molar-refractivity contribution in [3.05, 3.63) is 35.4 Å². The van der Waals surface area contributed by atoms with E-state index in [-0.39, 0.29) is 0 Å². The predicted molar refractivity (Wildman–Crippen MR) is 53.0 cm³/mol. The van der Waals surface area contributed by atoms with Gasteiger partial charge in [-0.25, -0.2) is 5.43 Å². The topological polar surface area (TPSA) is 41.5 Å². The first-order valence-corrected chi connectivity index (χ1v) is 4.36. The van der Waals surface area contributed by atoms with Gasteiger partial charge in [-0.05, 0) is 12.5 Å². The van der Waals surface area contributed by atoms with E-state index >= 15 is 0 Å². The van der Waals surface area contributed by atoms with E-state index in [2.05, 4.69) is 5.10 Å². The zero-order valence-corrected chi connectivity index (χ0v) is 8.38. The van der Waals surface area contributed by atoms with Gasteiger partial charge in [0.2, 0.25) is 0 Å². The zero-order chi connectivity index (χ0) is 12.2. The lowest BCUT2D eigenvalue weighted by atomic mass is 10.2. The van der Waals surface area contributed by atoms with Gasteiger partial charge in [-0.3, -0.25) is 4.79 Å². The Hall–Kier alpha value is -1.85. The molecule has 1 N–H and O–H groups in total. The molecule has 0 spiro atoms. The fourth-order valence-corrected chi connectivity index (χ4v) is 0.881. The Balaban J connectivity index is 2.56. The van der Waals surface area contributed by atoms with Crippen LogP contribution < -0.4 is 5.43 Å². The SMILES string of the molecule is Cc1ccc(C=NNC(=O)C(F)(F)F)cc1. The highest BCUT2D eigenvalue weighted by Gasteiger charge is 2.38. The summed E-state index contributed by atoms with van der Waals surface area (Å²) in [5.74, 6) is -2.09. The van der Waals surface area contributed by atoms with Crippen LogP contribution in [0.25, 0.3) is 0 Å². The molecule has 0 aromatic heterocycles. The maximum atomic E-state index is 11.7. The molecular formula is C10H9F3N2O. The molecule has 0 radical (unpaired) electrons. The predicted octanol–water partition coefficient (Wildman–Crippen LogP) is 2.01. The van der Waals surface area contributed by atoms with Crippen molar-refractivity contribution in [2.75, 3.05) is 0 Å². The highest BCUT2D eigenvalue weighted by Crippen LogP contribution is 2.13. The monoisotopic (exact) mass is 230 g/mol. The van der Waals surface area contributed by atoms with Crippen molar-refractivity contribution in [1.29, 1.82) is 0 Å². The zero-order valence-electron chi connectivity index (χ0n) is 8.38. The molecule has 0 fully saturated rings. The van der Waals surface area contributed by atoms with Crippen LogP contribution in [0.4, 0.5) is 13.2 Å². The van der Waals surface area contributed by atoms with E-state index in [4.69, 9.17) is 0 Å². The van der Waals surface area contributed by atoms with Gasteiger partial charge >= 0.3 is 12.1 Å². The second-order valence-corrected chi connectivity index (χ2v) is 3.11. The molecule has 1 amide bonds. The van der Waals surface area contributed by atoms with E-state index in [1.165, 1.54) is 5.43 Å². The van der Waals surface area contributed by atoms with E-state index in [1.54, 1.807) is 24.3 Å². The minimum Gasteiger partial charge on any atom is -0.263 e. The van der Waals surface area contributed by atoms with Crippen molar-refractivity contribution in [2.45, 2.75) is 13.1 Å². The number of benzene rings is 1. The molecule has 0 aliphatic carbocycles. The Labute approximate surface area is 90.0 Å². The first-order chi connectivity index (χ1) is 7.39. The summed E-state index contributed by atoms with van der Waals surface area (Å²) < 4.78 is 35.2. The van der Waals surface area contributed by atoms with Crippen molar-refractivity contribution < 1.29 is 18.0 Å². The summed E-state index contributed by atoms with van der Waals surface area (Å²) in [6.07, 6.45) is -3.77. The largest absolute Gasteiger partial charge is 0.473 e. The number of hydrogen-bond donors (Lipinski definition) is 1. The van der Waals surface area contributed by atoms with Gasteiger partial charge in [-0.15, -0.1) is 0 Å². The lowest BCUT2D eigenvalue weighted by Gasteiger charge is -2.02. The number of amides is 1. The number of nitrogens with zero attached hydrogens (tertiary/aromatic N) is 1. The standard InChI is InChI=1S/C10H9F3N2O/c1-7-2-4-8(5-3-7)6-14-15-9(16)10(11,12)13/h2-6H,1H3,(H,15,16). The number of nitrogens with one attached hydrogen (secondary N) is 1. The van der Waals surface area contributed by atoms with E-state index in [1.807, 2.05) is 6.92 Å². The molecule has 0 aliphatic heterocycles. The van der Waals surface area contributed by atoms with Crippen molar-refractivity contribution >= 4 is 12.1 Å². The maximum absolute atomic E-state index is 11.7. The molecule has 0 atom stereocenters. The summed E-state index contributed by atoms with van der Waals surface area (Å²) in [6, 6.07) is 6.93. The molecule has 1 aromatic rings. The molecule has 0 aliphatic rings. The van der Waals surface area contributed by atoms with Gasteiger partial charge in [0.05, 0.1) is 6.21 Å². The Bertz CT molecular complexity index is 396. The molecule has 16 heavy (non-hydrogen) atoms. The lowest BCUT2D eigenvalue weighted by molar-refractivity contribution is -0.173. The summed E-state index contributed by atoms with van der Waals surface area (Å²) in [7, 11) is 0. The van der Waals surface area contributed by atoms with Crippen LogP contribution in [-0.2, 0) is 4.79 Å². The number of hydrogen-bond acceptors (Lipinski definition) is 2. The minimum atomic E-state index is -4.91. The average Bonchev–Trinajstić information content (AvgIpc) is 2.19. The quantitative estimate of drug-likeness (QED) is 0.612. The number of rotatable bonds is 2. The Morgan fingerprint density at radius 3 is 2.38 bits per heavy atom. The van der Waals surface area contributed by atoms with Gasteiger partial charge in [-0.2, -0.15) is 18.3 Å². The lowest BCUT2D eigenvalue weighted by Crippen LogP contribution is -2.33. The minimum absolute atomic E-state index is 0.605. The third kappa shape index (κ3) is 3.72. The molecule has 1 rings (SSSR count). The van der Waals surface area contributed by atoms with Crippen LogP contribution in [0.3, 0.4) is 0 Å². The molecule has 86 valence electrons. The van der Waals surface area contributed by atoms with E-state index in [0.717, 1.165) is 11.8 Å². The van der Waals surface area contributed by atoms with Crippen molar-refractivity contribution in [3.8, 4) is 0 Å². The highest BCUT2D eigenvalue weighted by atomic mass is 19.4. The van der Waals surface area contributed by atoms with Crippen LogP contribution in [0, 0.1) is 6.92 Å². The van der Waals surface area contributed by atoms with Crippen molar-refractivity contribution in [2.24, 2.45) is 5.10 Å². The number of aryl methyl sites for hydroxylation is 1. The van der Waals surface area contributed by atoms with Crippen LogP contribution in [0.2, 0.25) is 0 Å². The number of hydrazone groups is 1. The summed E-state index contributed by atoms with van der Waals surface area (Å²) in [6.45, 7) is 1.88. The molecule has 1 aromatic carbocycles. The fourth-order valence-electron chi connectivity index (χ4n) is 0.881. The Morgan fingerprint density at radius 1 is 1.31 bits per heavy atom. The molecule has 0 bridgehead atoms. The molecule has 0 saturated carbocycles. The third-order valence-corrected chi connectivity index (χ3v) is 1.71. The van der Waals surface area contributed by atoms with Crippen LogP contribution >= 0.6 is 0 Å².